The van der Waals surface area contributed by atoms with Crippen LogP contribution in [0.1, 0.15) is 17.4 Å². The van der Waals surface area contributed by atoms with E-state index in [1.54, 1.807) is 23.1 Å². The van der Waals surface area contributed by atoms with Crippen molar-refractivity contribution in [2.45, 2.75) is 30.7 Å². The van der Waals surface area contributed by atoms with Gasteiger partial charge in [0.2, 0.25) is 5.95 Å². The van der Waals surface area contributed by atoms with E-state index in [-0.39, 0.29) is 0 Å². The van der Waals surface area contributed by atoms with Gasteiger partial charge >= 0.3 is 0 Å². The summed E-state index contributed by atoms with van der Waals surface area (Å²) in [6.07, 6.45) is 0. The van der Waals surface area contributed by atoms with E-state index >= 15 is 0 Å². The van der Waals surface area contributed by atoms with Crippen LogP contribution in [0.25, 0.3) is 10.2 Å². The average Bonchev–Trinajstić information content (AvgIpc) is 2.80. The van der Waals surface area contributed by atoms with E-state index in [2.05, 4.69) is 66.4 Å². The molecule has 0 unspecified atom stereocenters. The molecule has 0 saturated heterocycles. The molecular formula is C16H17N3S2. The van der Waals surface area contributed by atoms with Crippen LogP contribution in [-0.4, -0.2) is 16.5 Å². The lowest BCUT2D eigenvalue weighted by atomic mass is 10.2. The minimum atomic E-state index is 0.710. The van der Waals surface area contributed by atoms with E-state index in [1.165, 1.54) is 15.3 Å². The molecule has 0 aliphatic heterocycles. The molecule has 3 rings (SSSR count). The molecule has 2 heterocycles. The van der Waals surface area contributed by atoms with Crippen molar-refractivity contribution in [2.75, 3.05) is 11.9 Å². The minimum absolute atomic E-state index is 0.710. The summed E-state index contributed by atoms with van der Waals surface area (Å²) in [6, 6.07) is 10.7. The molecule has 0 saturated carbocycles. The van der Waals surface area contributed by atoms with Gasteiger partial charge < -0.3 is 5.32 Å². The molecule has 2 aromatic heterocycles. The first-order chi connectivity index (χ1) is 10.2. The minimum Gasteiger partial charge on any atom is -0.354 e. The Hall–Kier alpha value is -1.59. The number of anilines is 1. The maximum absolute atomic E-state index is 4.68. The van der Waals surface area contributed by atoms with Crippen LogP contribution in [0.3, 0.4) is 0 Å². The number of thiophene rings is 1. The highest BCUT2D eigenvalue weighted by molar-refractivity contribution is 7.99. The highest BCUT2D eigenvalue weighted by Gasteiger charge is 2.11. The van der Waals surface area contributed by atoms with Crippen LogP contribution in [0.4, 0.5) is 5.95 Å². The monoisotopic (exact) mass is 315 g/mol. The molecule has 0 atom stereocenters. The summed E-state index contributed by atoms with van der Waals surface area (Å²) < 4.78 is 0. The lowest BCUT2D eigenvalue weighted by molar-refractivity contribution is 1.05. The summed E-state index contributed by atoms with van der Waals surface area (Å²) in [6.45, 7) is 7.10. The van der Waals surface area contributed by atoms with Crippen molar-refractivity contribution in [3.8, 4) is 0 Å². The van der Waals surface area contributed by atoms with Crippen molar-refractivity contribution in [2.24, 2.45) is 0 Å². The smallest absolute Gasteiger partial charge is 0.225 e. The van der Waals surface area contributed by atoms with Gasteiger partial charge in [-0.2, -0.15) is 0 Å². The van der Waals surface area contributed by atoms with Crippen molar-refractivity contribution in [1.29, 1.82) is 0 Å². The molecule has 3 aromatic rings. The maximum atomic E-state index is 4.68. The highest BCUT2D eigenvalue weighted by atomic mass is 32.2. The van der Waals surface area contributed by atoms with Gasteiger partial charge in [-0.1, -0.05) is 29.5 Å². The Morgan fingerprint density at radius 2 is 2.05 bits per heavy atom. The maximum Gasteiger partial charge on any atom is 0.225 e. The number of fused-ring (bicyclic) bond motifs is 1. The molecule has 0 radical (unpaired) electrons. The van der Waals surface area contributed by atoms with E-state index < -0.39 is 0 Å². The fraction of sp³-hybridized carbons (Fsp3) is 0.250. The van der Waals surface area contributed by atoms with Crippen molar-refractivity contribution in [3.05, 3.63) is 40.8 Å². The molecule has 0 aliphatic carbocycles. The SMILES string of the molecule is CCNc1nc(Sc2cccc(C)c2)c2cc(C)sc2n1. The first kappa shape index (κ1) is 14.4. The van der Waals surface area contributed by atoms with Gasteiger partial charge in [0.15, 0.2) is 0 Å². The standard InChI is InChI=1S/C16H17N3S2/c1-4-17-16-18-14-13(9-11(3)20-14)15(19-16)21-12-7-5-6-10(2)8-12/h5-9H,4H2,1-3H3,(H,17,18,19). The Morgan fingerprint density at radius 3 is 2.81 bits per heavy atom. The van der Waals surface area contributed by atoms with E-state index in [0.717, 1.165) is 21.8 Å². The Kier molecular flexibility index (Phi) is 4.12. The molecule has 0 spiro atoms. The zero-order chi connectivity index (χ0) is 14.8. The molecule has 1 aromatic carbocycles. The summed E-state index contributed by atoms with van der Waals surface area (Å²) in [5.74, 6) is 0.710. The van der Waals surface area contributed by atoms with Gasteiger partial charge in [-0.3, -0.25) is 0 Å². The topological polar surface area (TPSA) is 37.8 Å². The van der Waals surface area contributed by atoms with Crippen LogP contribution in [0.2, 0.25) is 0 Å². The quantitative estimate of drug-likeness (QED) is 0.696. The summed E-state index contributed by atoms with van der Waals surface area (Å²) in [5, 5.41) is 5.38. The zero-order valence-electron chi connectivity index (χ0n) is 12.3. The second-order valence-corrected chi connectivity index (χ2v) is 7.17. The van der Waals surface area contributed by atoms with Crippen LogP contribution >= 0.6 is 23.1 Å². The number of aromatic nitrogens is 2. The largest absolute Gasteiger partial charge is 0.354 e. The first-order valence-corrected chi connectivity index (χ1v) is 8.55. The van der Waals surface area contributed by atoms with Crippen molar-refractivity contribution < 1.29 is 0 Å². The predicted octanol–water partition coefficient (Wildman–Crippen LogP) is 4.89. The van der Waals surface area contributed by atoms with E-state index in [4.69, 9.17) is 0 Å². The van der Waals surface area contributed by atoms with Crippen LogP contribution < -0.4 is 5.32 Å². The van der Waals surface area contributed by atoms with Crippen molar-refractivity contribution in [3.63, 3.8) is 0 Å². The molecule has 0 fully saturated rings. The van der Waals surface area contributed by atoms with Gasteiger partial charge in [0.25, 0.3) is 0 Å². The molecule has 1 N–H and O–H groups in total. The Morgan fingerprint density at radius 1 is 1.19 bits per heavy atom. The molecule has 0 amide bonds. The Labute approximate surface area is 132 Å². The first-order valence-electron chi connectivity index (χ1n) is 6.92. The fourth-order valence-electron chi connectivity index (χ4n) is 2.12. The van der Waals surface area contributed by atoms with E-state index in [1.807, 2.05) is 0 Å². The third-order valence-electron chi connectivity index (χ3n) is 3.02. The van der Waals surface area contributed by atoms with Gasteiger partial charge in [-0.15, -0.1) is 11.3 Å². The van der Waals surface area contributed by atoms with Gasteiger partial charge in [0.1, 0.15) is 9.86 Å². The van der Waals surface area contributed by atoms with Crippen LogP contribution in [0.15, 0.2) is 40.3 Å². The molecule has 3 nitrogen and oxygen atoms in total. The van der Waals surface area contributed by atoms with Gasteiger partial charge in [0, 0.05) is 21.7 Å². The molecule has 0 bridgehead atoms. The third-order valence-corrected chi connectivity index (χ3v) is 4.96. The van der Waals surface area contributed by atoms with Crippen molar-refractivity contribution >= 4 is 39.3 Å². The molecular weight excluding hydrogens is 298 g/mol. The van der Waals surface area contributed by atoms with E-state index in [9.17, 15) is 0 Å². The second-order valence-electron chi connectivity index (χ2n) is 4.88. The molecule has 21 heavy (non-hydrogen) atoms. The Bertz CT molecular complexity index is 780. The number of benzene rings is 1. The van der Waals surface area contributed by atoms with Crippen LogP contribution in [-0.2, 0) is 0 Å². The third kappa shape index (κ3) is 3.19. The number of nitrogens with one attached hydrogen (secondary N) is 1. The molecule has 5 heteroatoms. The summed E-state index contributed by atoms with van der Waals surface area (Å²) in [4.78, 5) is 12.8. The predicted molar refractivity (Wildman–Crippen MR) is 91.6 cm³/mol. The number of hydrogen-bond donors (Lipinski definition) is 1. The van der Waals surface area contributed by atoms with Crippen molar-refractivity contribution in [1.82, 2.24) is 9.97 Å². The summed E-state index contributed by atoms with van der Waals surface area (Å²) in [7, 11) is 0. The Balaban J connectivity index is 2.06. The lowest BCUT2D eigenvalue weighted by Crippen LogP contribution is -2.02. The lowest BCUT2D eigenvalue weighted by Gasteiger charge is -2.07. The molecule has 0 aliphatic rings. The number of hydrogen-bond acceptors (Lipinski definition) is 5. The summed E-state index contributed by atoms with van der Waals surface area (Å²) in [5.41, 5.74) is 1.26. The van der Waals surface area contributed by atoms with E-state index in [0.29, 0.717) is 5.95 Å². The molecule has 108 valence electrons. The summed E-state index contributed by atoms with van der Waals surface area (Å²) >= 11 is 3.42. The van der Waals surface area contributed by atoms with Gasteiger partial charge in [-0.05, 0) is 39.0 Å². The number of nitrogens with zero attached hydrogens (tertiary/aromatic N) is 2. The fourth-order valence-corrected chi connectivity index (χ4v) is 4.08. The van der Waals surface area contributed by atoms with Crippen LogP contribution in [0.5, 0.6) is 0 Å². The average molecular weight is 315 g/mol. The van der Waals surface area contributed by atoms with Gasteiger partial charge in [0.05, 0.1) is 0 Å². The normalized spacial score (nSPS) is 11.0. The highest BCUT2D eigenvalue weighted by Crippen LogP contribution is 2.35. The van der Waals surface area contributed by atoms with Crippen LogP contribution in [0, 0.1) is 13.8 Å². The second kappa shape index (κ2) is 6.03. The number of aryl methyl sites for hydroxylation is 2. The zero-order valence-corrected chi connectivity index (χ0v) is 13.9. The van der Waals surface area contributed by atoms with Gasteiger partial charge in [-0.25, -0.2) is 9.97 Å². The number of rotatable bonds is 4.